The molecule has 0 radical (unpaired) electrons. The molecule has 0 fully saturated rings. The van der Waals surface area contributed by atoms with Crippen molar-refractivity contribution in [1.82, 2.24) is 9.97 Å². The summed E-state index contributed by atoms with van der Waals surface area (Å²) in [6.45, 7) is 1.90. The van der Waals surface area contributed by atoms with Crippen LogP contribution in [0.15, 0.2) is 40.2 Å². The molecule has 2 rings (SSSR count). The minimum absolute atomic E-state index is 0.157. The number of aryl methyl sites for hydroxylation is 1. The van der Waals surface area contributed by atoms with Gasteiger partial charge in [0.2, 0.25) is 5.88 Å². The van der Waals surface area contributed by atoms with E-state index < -0.39 is 0 Å². The zero-order valence-electron chi connectivity index (χ0n) is 10.0. The van der Waals surface area contributed by atoms with E-state index in [1.54, 1.807) is 6.07 Å². The summed E-state index contributed by atoms with van der Waals surface area (Å²) in [4.78, 5) is 8.02. The van der Waals surface area contributed by atoms with E-state index in [-0.39, 0.29) is 17.4 Å². The van der Waals surface area contributed by atoms with Crippen LogP contribution in [-0.2, 0) is 0 Å². The molecule has 0 aliphatic rings. The lowest BCUT2D eigenvalue weighted by molar-refractivity contribution is 0.318. The Labute approximate surface area is 118 Å². The first-order valence-corrected chi connectivity index (χ1v) is 6.14. The first-order chi connectivity index (χ1) is 9.11. The van der Waals surface area contributed by atoms with E-state index >= 15 is 0 Å². The van der Waals surface area contributed by atoms with Crippen LogP contribution in [0.2, 0.25) is 0 Å². The maximum absolute atomic E-state index is 8.71. The van der Waals surface area contributed by atoms with E-state index in [9.17, 15) is 0 Å². The van der Waals surface area contributed by atoms with Crippen LogP contribution in [0.4, 0.5) is 0 Å². The van der Waals surface area contributed by atoms with Crippen LogP contribution in [0.25, 0.3) is 0 Å². The molecule has 0 aliphatic carbocycles. The summed E-state index contributed by atoms with van der Waals surface area (Å²) in [5.74, 6) is 0.636. The number of hydrogen-bond donors (Lipinski definition) is 2. The Bertz CT molecular complexity index is 631. The van der Waals surface area contributed by atoms with E-state index in [2.05, 4.69) is 31.1 Å². The Hall–Kier alpha value is -2.15. The second-order valence-electron chi connectivity index (χ2n) is 3.71. The zero-order valence-corrected chi connectivity index (χ0v) is 11.6. The highest BCUT2D eigenvalue weighted by molar-refractivity contribution is 9.10. The van der Waals surface area contributed by atoms with Crippen LogP contribution in [0.3, 0.4) is 0 Å². The van der Waals surface area contributed by atoms with Crippen molar-refractivity contribution < 1.29 is 9.94 Å². The fourth-order valence-electron chi connectivity index (χ4n) is 1.41. The maximum atomic E-state index is 8.71. The number of amidine groups is 1. The Balaban J connectivity index is 2.41. The molecule has 0 aliphatic heterocycles. The van der Waals surface area contributed by atoms with Gasteiger partial charge in [0.05, 0.1) is 0 Å². The fourth-order valence-corrected chi connectivity index (χ4v) is 1.75. The molecule has 0 saturated carbocycles. The van der Waals surface area contributed by atoms with Gasteiger partial charge >= 0.3 is 0 Å². The number of nitrogens with zero attached hydrogens (tertiary/aromatic N) is 3. The summed E-state index contributed by atoms with van der Waals surface area (Å²) in [6, 6.07) is 5.61. The monoisotopic (exact) mass is 322 g/mol. The third kappa shape index (κ3) is 3.00. The van der Waals surface area contributed by atoms with Crippen molar-refractivity contribution in [2.45, 2.75) is 6.92 Å². The molecule has 3 N–H and O–H groups in total. The SMILES string of the molecule is Cc1ccc(Br)cc1Oc1nccnc1/C(N)=N/O. The Morgan fingerprint density at radius 3 is 2.84 bits per heavy atom. The van der Waals surface area contributed by atoms with Crippen LogP contribution in [-0.4, -0.2) is 21.0 Å². The van der Waals surface area contributed by atoms with Gasteiger partial charge in [0.25, 0.3) is 0 Å². The Morgan fingerprint density at radius 1 is 1.37 bits per heavy atom. The molecule has 1 heterocycles. The second kappa shape index (κ2) is 5.66. The molecule has 0 amide bonds. The number of aromatic nitrogens is 2. The number of halogens is 1. The fraction of sp³-hybridized carbons (Fsp3) is 0.0833. The summed E-state index contributed by atoms with van der Waals surface area (Å²) in [5.41, 5.74) is 6.64. The molecule has 19 heavy (non-hydrogen) atoms. The van der Waals surface area contributed by atoms with Crippen molar-refractivity contribution in [3.05, 3.63) is 46.3 Å². The van der Waals surface area contributed by atoms with E-state index in [1.165, 1.54) is 12.4 Å². The number of benzene rings is 1. The molecule has 2 aromatic rings. The van der Waals surface area contributed by atoms with Gasteiger partial charge in [0.1, 0.15) is 5.75 Å². The van der Waals surface area contributed by atoms with E-state index in [0.717, 1.165) is 10.0 Å². The van der Waals surface area contributed by atoms with Crippen molar-refractivity contribution in [1.29, 1.82) is 0 Å². The first-order valence-electron chi connectivity index (χ1n) is 5.34. The standard InChI is InChI=1S/C12H11BrN4O2/c1-7-2-3-8(13)6-9(7)19-12-10(11(14)17-18)15-4-5-16-12/h2-6,18H,1H3,(H2,14,17). The molecule has 0 atom stereocenters. The Kier molecular flexibility index (Phi) is 3.96. The van der Waals surface area contributed by atoms with Gasteiger partial charge in [-0.1, -0.05) is 27.2 Å². The lowest BCUT2D eigenvalue weighted by atomic mass is 10.2. The van der Waals surface area contributed by atoms with Gasteiger partial charge in [0.15, 0.2) is 11.5 Å². The molecule has 1 aromatic heterocycles. The molecule has 98 valence electrons. The smallest absolute Gasteiger partial charge is 0.249 e. The minimum Gasteiger partial charge on any atom is -0.437 e. The third-order valence-corrected chi connectivity index (χ3v) is 2.87. The van der Waals surface area contributed by atoms with Gasteiger partial charge in [-0.3, -0.25) is 0 Å². The third-order valence-electron chi connectivity index (χ3n) is 2.37. The summed E-state index contributed by atoms with van der Waals surface area (Å²) < 4.78 is 6.55. The second-order valence-corrected chi connectivity index (χ2v) is 4.62. The van der Waals surface area contributed by atoms with Crippen LogP contribution in [0.5, 0.6) is 11.6 Å². The largest absolute Gasteiger partial charge is 0.437 e. The molecular weight excluding hydrogens is 312 g/mol. The van der Waals surface area contributed by atoms with E-state index in [1.807, 2.05) is 19.1 Å². The van der Waals surface area contributed by atoms with Gasteiger partial charge in [0, 0.05) is 16.9 Å². The van der Waals surface area contributed by atoms with Gasteiger partial charge in [-0.2, -0.15) is 0 Å². The van der Waals surface area contributed by atoms with Crippen LogP contribution in [0, 0.1) is 6.92 Å². The van der Waals surface area contributed by atoms with Crippen LogP contribution >= 0.6 is 15.9 Å². The van der Waals surface area contributed by atoms with Crippen molar-refractivity contribution in [3.8, 4) is 11.6 Å². The highest BCUT2D eigenvalue weighted by Crippen LogP contribution is 2.28. The molecular formula is C12H11BrN4O2. The number of nitrogens with two attached hydrogens (primary N) is 1. The topological polar surface area (TPSA) is 93.6 Å². The van der Waals surface area contributed by atoms with Crippen LogP contribution in [0.1, 0.15) is 11.3 Å². The van der Waals surface area contributed by atoms with Gasteiger partial charge in [-0.25, -0.2) is 9.97 Å². The Morgan fingerprint density at radius 2 is 2.11 bits per heavy atom. The summed E-state index contributed by atoms with van der Waals surface area (Å²) in [5, 5.41) is 11.6. The molecule has 0 saturated heterocycles. The van der Waals surface area contributed by atoms with Gasteiger partial charge in [-0.05, 0) is 24.6 Å². The lowest BCUT2D eigenvalue weighted by Gasteiger charge is -2.10. The van der Waals surface area contributed by atoms with Crippen molar-refractivity contribution in [2.24, 2.45) is 10.9 Å². The predicted octanol–water partition coefficient (Wildman–Crippen LogP) is 2.43. The number of ether oxygens (including phenoxy) is 1. The van der Waals surface area contributed by atoms with Crippen molar-refractivity contribution in [3.63, 3.8) is 0 Å². The van der Waals surface area contributed by atoms with E-state index in [4.69, 9.17) is 15.7 Å². The molecule has 6 nitrogen and oxygen atoms in total. The van der Waals surface area contributed by atoms with E-state index in [0.29, 0.717) is 5.75 Å². The zero-order chi connectivity index (χ0) is 13.8. The molecule has 0 unspecified atom stereocenters. The molecule has 0 spiro atoms. The van der Waals surface area contributed by atoms with Crippen molar-refractivity contribution >= 4 is 21.8 Å². The molecule has 7 heteroatoms. The average molecular weight is 323 g/mol. The highest BCUT2D eigenvalue weighted by Gasteiger charge is 2.13. The normalized spacial score (nSPS) is 11.4. The van der Waals surface area contributed by atoms with Gasteiger partial charge in [-0.15, -0.1) is 0 Å². The van der Waals surface area contributed by atoms with Crippen molar-refractivity contribution in [2.75, 3.05) is 0 Å². The summed E-state index contributed by atoms with van der Waals surface area (Å²) in [6.07, 6.45) is 2.91. The quantitative estimate of drug-likeness (QED) is 0.392. The number of oxime groups is 1. The molecule has 1 aromatic carbocycles. The minimum atomic E-state index is -0.157. The molecule has 0 bridgehead atoms. The lowest BCUT2D eigenvalue weighted by Crippen LogP contribution is -2.16. The average Bonchev–Trinajstić information content (AvgIpc) is 2.42. The number of hydrogen-bond acceptors (Lipinski definition) is 5. The summed E-state index contributed by atoms with van der Waals surface area (Å²) >= 11 is 3.37. The predicted molar refractivity (Wildman–Crippen MR) is 73.5 cm³/mol. The maximum Gasteiger partial charge on any atom is 0.249 e. The van der Waals surface area contributed by atoms with Crippen LogP contribution < -0.4 is 10.5 Å². The van der Waals surface area contributed by atoms with Gasteiger partial charge < -0.3 is 15.7 Å². The summed E-state index contributed by atoms with van der Waals surface area (Å²) in [7, 11) is 0. The highest BCUT2D eigenvalue weighted by atomic mass is 79.9. The first kappa shape index (κ1) is 13.3. The number of rotatable bonds is 3.